The average molecular weight is 401 g/mol. The summed E-state index contributed by atoms with van der Waals surface area (Å²) in [5, 5.41) is 7.28. The van der Waals surface area contributed by atoms with Crippen LogP contribution in [0.15, 0.2) is 24.4 Å². The van der Waals surface area contributed by atoms with Gasteiger partial charge in [0.05, 0.1) is 5.69 Å². The number of nitrogens with one attached hydrogen (secondary N) is 1. The molecule has 7 nitrogen and oxygen atoms in total. The summed E-state index contributed by atoms with van der Waals surface area (Å²) in [7, 11) is 0. The lowest BCUT2D eigenvalue weighted by Crippen LogP contribution is -2.39. The van der Waals surface area contributed by atoms with Crippen LogP contribution in [0.3, 0.4) is 0 Å². The van der Waals surface area contributed by atoms with Crippen molar-refractivity contribution in [3.63, 3.8) is 0 Å². The van der Waals surface area contributed by atoms with E-state index in [-0.39, 0.29) is 17.2 Å². The first-order chi connectivity index (χ1) is 13.7. The molecule has 1 N–H and O–H groups in total. The second-order valence-corrected chi connectivity index (χ2v) is 8.33. The van der Waals surface area contributed by atoms with Crippen molar-refractivity contribution in [3.05, 3.63) is 41.3 Å². The zero-order valence-corrected chi connectivity index (χ0v) is 17.4. The highest BCUT2D eigenvalue weighted by Gasteiger charge is 2.25. The number of alkyl halides is 1. The third-order valence-electron chi connectivity index (χ3n) is 5.04. The van der Waals surface area contributed by atoms with E-state index in [1.165, 1.54) is 6.20 Å². The zero-order valence-electron chi connectivity index (χ0n) is 17.4. The molecule has 29 heavy (non-hydrogen) atoms. The quantitative estimate of drug-likeness (QED) is 0.851. The van der Waals surface area contributed by atoms with E-state index in [0.717, 1.165) is 5.69 Å². The number of likely N-dealkylation sites (tertiary alicyclic amines) is 1. The highest BCUT2D eigenvalue weighted by molar-refractivity contribution is 6.03. The summed E-state index contributed by atoms with van der Waals surface area (Å²) in [4.78, 5) is 31.3. The van der Waals surface area contributed by atoms with Gasteiger partial charge in [0.25, 0.3) is 11.8 Å². The second kappa shape index (κ2) is 8.31. The molecular weight excluding hydrogens is 373 g/mol. The Labute approximate surface area is 170 Å². The van der Waals surface area contributed by atoms with Crippen LogP contribution in [0.2, 0.25) is 0 Å². The summed E-state index contributed by atoms with van der Waals surface area (Å²) >= 11 is 0. The average Bonchev–Trinajstić information content (AvgIpc) is 3.13. The van der Waals surface area contributed by atoms with Crippen molar-refractivity contribution in [2.45, 2.75) is 58.7 Å². The van der Waals surface area contributed by atoms with E-state index < -0.39 is 6.17 Å². The Morgan fingerprint density at radius 1 is 1.24 bits per heavy atom. The number of piperidine rings is 1. The summed E-state index contributed by atoms with van der Waals surface area (Å²) in [6, 6.07) is 4.95. The summed E-state index contributed by atoms with van der Waals surface area (Å²) in [5.74, 6) is -0.212. The molecule has 0 radical (unpaired) electrons. The highest BCUT2D eigenvalue weighted by Crippen LogP contribution is 2.22. The molecule has 0 spiro atoms. The predicted molar refractivity (Wildman–Crippen MR) is 109 cm³/mol. The summed E-state index contributed by atoms with van der Waals surface area (Å²) in [5.41, 5.74) is 1.53. The summed E-state index contributed by atoms with van der Waals surface area (Å²) in [6.07, 6.45) is 1.37. The minimum Gasteiger partial charge on any atom is -0.338 e. The molecule has 0 atom stereocenters. The summed E-state index contributed by atoms with van der Waals surface area (Å²) < 4.78 is 15.0. The van der Waals surface area contributed by atoms with E-state index in [4.69, 9.17) is 0 Å². The third kappa shape index (κ3) is 4.81. The van der Waals surface area contributed by atoms with Crippen molar-refractivity contribution in [1.29, 1.82) is 0 Å². The minimum atomic E-state index is -0.840. The van der Waals surface area contributed by atoms with Gasteiger partial charge in [0.1, 0.15) is 17.7 Å². The first-order valence-corrected chi connectivity index (χ1v) is 9.98. The van der Waals surface area contributed by atoms with Crippen LogP contribution in [0.4, 0.5) is 10.2 Å². The van der Waals surface area contributed by atoms with Crippen LogP contribution in [0.25, 0.3) is 0 Å². The largest absolute Gasteiger partial charge is 0.338 e. The van der Waals surface area contributed by atoms with E-state index in [0.29, 0.717) is 49.6 Å². The number of pyridine rings is 1. The Bertz CT molecular complexity index is 895. The van der Waals surface area contributed by atoms with E-state index >= 15 is 0 Å². The van der Waals surface area contributed by atoms with Gasteiger partial charge in [0.2, 0.25) is 0 Å². The van der Waals surface area contributed by atoms with Crippen molar-refractivity contribution < 1.29 is 14.0 Å². The fraction of sp³-hybridized carbons (Fsp3) is 0.524. The van der Waals surface area contributed by atoms with E-state index in [2.05, 4.69) is 15.4 Å². The number of carbonyl (C=O) groups is 2. The molecular formula is C21H28FN5O2. The maximum Gasteiger partial charge on any atom is 0.275 e. The smallest absolute Gasteiger partial charge is 0.275 e. The maximum absolute atomic E-state index is 13.3. The molecule has 0 aliphatic carbocycles. The Kier molecular flexibility index (Phi) is 6.00. The molecule has 0 bridgehead atoms. The van der Waals surface area contributed by atoms with Crippen LogP contribution in [-0.4, -0.2) is 50.7 Å². The van der Waals surface area contributed by atoms with Crippen molar-refractivity contribution in [2.75, 3.05) is 18.4 Å². The minimum absolute atomic E-state index is 0.174. The Morgan fingerprint density at radius 2 is 1.93 bits per heavy atom. The van der Waals surface area contributed by atoms with Crippen molar-refractivity contribution >= 4 is 17.6 Å². The molecule has 1 fully saturated rings. The number of hydrogen-bond donors (Lipinski definition) is 1. The highest BCUT2D eigenvalue weighted by atomic mass is 19.1. The third-order valence-corrected chi connectivity index (χ3v) is 5.04. The molecule has 3 heterocycles. The normalized spacial score (nSPS) is 15.4. The molecule has 2 aromatic heterocycles. The van der Waals surface area contributed by atoms with Gasteiger partial charge in [0, 0.05) is 36.8 Å². The van der Waals surface area contributed by atoms with Crippen LogP contribution >= 0.6 is 0 Å². The molecule has 0 unspecified atom stereocenters. The molecule has 3 rings (SSSR count). The first kappa shape index (κ1) is 21.0. The molecule has 8 heteroatoms. The predicted octanol–water partition coefficient (Wildman–Crippen LogP) is 3.42. The molecule has 0 saturated carbocycles. The van der Waals surface area contributed by atoms with Gasteiger partial charge >= 0.3 is 0 Å². The van der Waals surface area contributed by atoms with Gasteiger partial charge in [-0.1, -0.05) is 20.8 Å². The summed E-state index contributed by atoms with van der Waals surface area (Å²) in [6.45, 7) is 9.41. The fourth-order valence-corrected chi connectivity index (χ4v) is 3.25. The van der Waals surface area contributed by atoms with E-state index in [1.54, 1.807) is 27.8 Å². The molecule has 2 amide bonds. The number of rotatable bonds is 4. The van der Waals surface area contributed by atoms with Gasteiger partial charge in [-0.05, 0) is 38.0 Å². The van der Waals surface area contributed by atoms with Crippen LogP contribution in [0.1, 0.15) is 67.1 Å². The molecule has 1 saturated heterocycles. The number of halogens is 1. The van der Waals surface area contributed by atoms with Crippen LogP contribution in [0, 0.1) is 0 Å². The molecule has 2 aromatic rings. The number of anilines is 1. The second-order valence-electron chi connectivity index (χ2n) is 8.33. The van der Waals surface area contributed by atoms with Crippen molar-refractivity contribution in [1.82, 2.24) is 19.7 Å². The van der Waals surface area contributed by atoms with Gasteiger partial charge in [-0.25, -0.2) is 9.37 Å². The fourth-order valence-electron chi connectivity index (χ4n) is 3.25. The van der Waals surface area contributed by atoms with Crippen LogP contribution < -0.4 is 5.32 Å². The van der Waals surface area contributed by atoms with Gasteiger partial charge in [0.15, 0.2) is 0 Å². The number of aryl methyl sites for hydroxylation is 1. The van der Waals surface area contributed by atoms with Gasteiger partial charge in [-0.15, -0.1) is 0 Å². The Balaban J connectivity index is 1.76. The number of nitrogens with zero attached hydrogens (tertiary/aromatic N) is 4. The Morgan fingerprint density at radius 3 is 2.55 bits per heavy atom. The van der Waals surface area contributed by atoms with E-state index in [9.17, 15) is 14.0 Å². The first-order valence-electron chi connectivity index (χ1n) is 9.98. The monoisotopic (exact) mass is 401 g/mol. The van der Waals surface area contributed by atoms with Crippen molar-refractivity contribution in [3.8, 4) is 0 Å². The lowest BCUT2D eigenvalue weighted by atomic mass is 9.92. The molecule has 0 aromatic carbocycles. The van der Waals surface area contributed by atoms with Crippen LogP contribution in [-0.2, 0) is 12.0 Å². The molecule has 1 aliphatic rings. The number of amides is 2. The molecule has 1 aliphatic heterocycles. The lowest BCUT2D eigenvalue weighted by molar-refractivity contribution is 0.0666. The zero-order chi connectivity index (χ0) is 21.2. The van der Waals surface area contributed by atoms with Crippen molar-refractivity contribution in [2.24, 2.45) is 0 Å². The maximum atomic E-state index is 13.3. The SMILES string of the molecule is CCn1nc(C(C)(C)C)cc1C(=O)Nc1cc(C(=O)N2CCC(F)CC2)ccn1. The standard InChI is InChI=1S/C21H28FN5O2/c1-5-27-16(13-17(25-27)21(2,3)4)19(28)24-18-12-14(6-9-23-18)20(29)26-10-7-15(22)8-11-26/h6,9,12-13,15H,5,7-8,10-11H2,1-4H3,(H,23,24,28). The van der Waals surface area contributed by atoms with Crippen LogP contribution in [0.5, 0.6) is 0 Å². The number of carbonyl (C=O) groups excluding carboxylic acids is 2. The number of hydrogen-bond acceptors (Lipinski definition) is 4. The molecule has 156 valence electrons. The van der Waals surface area contributed by atoms with Gasteiger partial charge in [-0.3, -0.25) is 14.3 Å². The van der Waals surface area contributed by atoms with Gasteiger partial charge in [-0.2, -0.15) is 5.10 Å². The lowest BCUT2D eigenvalue weighted by Gasteiger charge is -2.28. The van der Waals surface area contributed by atoms with Gasteiger partial charge < -0.3 is 10.2 Å². The number of aromatic nitrogens is 3. The Hall–Kier alpha value is -2.77. The topological polar surface area (TPSA) is 80.1 Å². The van der Waals surface area contributed by atoms with E-state index in [1.807, 2.05) is 27.7 Å².